The summed E-state index contributed by atoms with van der Waals surface area (Å²) in [4.78, 5) is 87.8. The van der Waals surface area contributed by atoms with Crippen LogP contribution in [-0.2, 0) is 25.7 Å². The largest absolute Gasteiger partial charge is 0.354 e. The van der Waals surface area contributed by atoms with E-state index in [1.54, 1.807) is 12.1 Å². The number of amides is 4. The molecule has 12 nitrogen and oxygen atoms in total. The van der Waals surface area contributed by atoms with Gasteiger partial charge in [-0.2, -0.15) is 0 Å². The second-order valence-corrected chi connectivity index (χ2v) is 18.8. The van der Waals surface area contributed by atoms with E-state index >= 15 is 0 Å². The minimum absolute atomic E-state index is 0.0284. The van der Waals surface area contributed by atoms with Crippen LogP contribution in [0.1, 0.15) is 150 Å². The number of hydrogen-bond donors (Lipinski definition) is 4. The first kappa shape index (κ1) is 47.3. The number of aromatic nitrogens is 2. The molecule has 4 aromatic rings. The quantitative estimate of drug-likeness (QED) is 0.0388. The van der Waals surface area contributed by atoms with Crippen LogP contribution < -0.4 is 26.8 Å². The number of hydrogen-bond acceptors (Lipinski definition) is 7. The highest BCUT2D eigenvalue weighted by atomic mass is 16.2. The zero-order valence-electron chi connectivity index (χ0n) is 38.3. The van der Waals surface area contributed by atoms with Crippen LogP contribution in [0.2, 0.25) is 0 Å². The van der Waals surface area contributed by atoms with E-state index in [-0.39, 0.29) is 78.1 Å². The van der Waals surface area contributed by atoms with E-state index in [1.165, 1.54) is 36.2 Å². The van der Waals surface area contributed by atoms with Gasteiger partial charge in [0.05, 0.1) is 35.6 Å². The van der Waals surface area contributed by atoms with Gasteiger partial charge in [0.25, 0.3) is 5.56 Å². The SMILES string of the molecule is CCCCCCCCCC(=O)NC(Cn1cnc2ccc(C(=O)C3C[C@@H](C(=O)N[C@H]4C[C@@H]4c4ccccc4)[C@H](C(=O)N[C@H]4C[C@@H]4c4ccccc4)C3)cc2c1=O)C(=O)NCCCCCC. The number of carbonyl (C=O) groups excluding carboxylic acids is 5. The Morgan fingerprint density at radius 2 is 1.23 bits per heavy atom. The first-order valence-corrected chi connectivity index (χ1v) is 24.5. The summed E-state index contributed by atoms with van der Waals surface area (Å²) in [5.74, 6) is -2.84. The van der Waals surface area contributed by atoms with E-state index in [4.69, 9.17) is 0 Å². The lowest BCUT2D eigenvalue weighted by Gasteiger charge is -2.20. The molecule has 7 rings (SSSR count). The molecule has 0 aliphatic heterocycles. The van der Waals surface area contributed by atoms with Crippen molar-refractivity contribution in [1.29, 1.82) is 0 Å². The van der Waals surface area contributed by atoms with Gasteiger partial charge in [0.1, 0.15) is 6.04 Å². The van der Waals surface area contributed by atoms with Crippen molar-refractivity contribution in [3.63, 3.8) is 0 Å². The Hall–Kier alpha value is -5.65. The third kappa shape index (κ3) is 12.8. The fourth-order valence-corrected chi connectivity index (χ4v) is 9.72. The van der Waals surface area contributed by atoms with E-state index < -0.39 is 29.4 Å². The Labute approximate surface area is 383 Å². The number of nitrogens with zero attached hydrogens (tertiary/aromatic N) is 2. The molecule has 7 atom stereocenters. The predicted molar refractivity (Wildman–Crippen MR) is 253 cm³/mol. The van der Waals surface area contributed by atoms with Crippen LogP contribution in [-0.4, -0.2) is 63.6 Å². The van der Waals surface area contributed by atoms with Crippen molar-refractivity contribution in [2.75, 3.05) is 6.54 Å². The van der Waals surface area contributed by atoms with Crippen LogP contribution >= 0.6 is 0 Å². The van der Waals surface area contributed by atoms with Gasteiger partial charge >= 0.3 is 0 Å². The highest BCUT2D eigenvalue weighted by Gasteiger charge is 2.49. The Balaban J connectivity index is 1.04. The van der Waals surface area contributed by atoms with Gasteiger partial charge in [0.2, 0.25) is 23.6 Å². The maximum absolute atomic E-state index is 14.4. The Kier molecular flexibility index (Phi) is 16.7. The molecule has 3 fully saturated rings. The average molecular weight is 885 g/mol. The van der Waals surface area contributed by atoms with Crippen LogP contribution in [0.25, 0.3) is 10.9 Å². The molecule has 3 aliphatic carbocycles. The average Bonchev–Trinajstić information content (AvgIpc) is 4.23. The van der Waals surface area contributed by atoms with E-state index in [1.807, 2.05) is 36.4 Å². The number of unbranched alkanes of at least 4 members (excludes halogenated alkanes) is 9. The molecule has 0 radical (unpaired) electrons. The minimum Gasteiger partial charge on any atom is -0.354 e. The van der Waals surface area contributed by atoms with Crippen molar-refractivity contribution in [2.24, 2.45) is 17.8 Å². The van der Waals surface area contributed by atoms with E-state index in [9.17, 15) is 28.8 Å². The molecule has 3 aromatic carbocycles. The summed E-state index contributed by atoms with van der Waals surface area (Å²) >= 11 is 0. The Morgan fingerprint density at radius 3 is 1.82 bits per heavy atom. The van der Waals surface area contributed by atoms with Crippen molar-refractivity contribution in [1.82, 2.24) is 30.8 Å². The molecule has 65 heavy (non-hydrogen) atoms. The normalized spacial score (nSPS) is 21.6. The lowest BCUT2D eigenvalue weighted by atomic mass is 9.94. The summed E-state index contributed by atoms with van der Waals surface area (Å²) < 4.78 is 1.32. The monoisotopic (exact) mass is 885 g/mol. The van der Waals surface area contributed by atoms with E-state index in [0.29, 0.717) is 24.0 Å². The number of rotatable bonds is 25. The van der Waals surface area contributed by atoms with Crippen LogP contribution in [0.4, 0.5) is 0 Å². The first-order chi connectivity index (χ1) is 31.6. The molecule has 0 spiro atoms. The topological polar surface area (TPSA) is 168 Å². The van der Waals surface area contributed by atoms with Crippen molar-refractivity contribution < 1.29 is 24.0 Å². The molecule has 4 amide bonds. The number of Topliss-reactive ketones (excluding diaryl/α,β-unsaturated/α-hetero) is 1. The predicted octanol–water partition coefficient (Wildman–Crippen LogP) is 7.89. The van der Waals surface area contributed by atoms with Gasteiger partial charge in [-0.05, 0) is 67.9 Å². The maximum atomic E-state index is 14.4. The van der Waals surface area contributed by atoms with Crippen molar-refractivity contribution >= 4 is 40.3 Å². The molecule has 1 heterocycles. The second-order valence-electron chi connectivity index (χ2n) is 18.8. The van der Waals surface area contributed by atoms with Gasteiger partial charge in [0, 0.05) is 48.4 Å². The number of fused-ring (bicyclic) bond motifs is 1. The van der Waals surface area contributed by atoms with Crippen LogP contribution in [0.5, 0.6) is 0 Å². The summed E-state index contributed by atoms with van der Waals surface area (Å²) in [6, 6.07) is 23.9. The van der Waals surface area contributed by atoms with E-state index in [2.05, 4.69) is 64.4 Å². The van der Waals surface area contributed by atoms with Crippen molar-refractivity contribution in [3.8, 4) is 0 Å². The lowest BCUT2D eigenvalue weighted by molar-refractivity contribution is -0.133. The van der Waals surface area contributed by atoms with Gasteiger partial charge in [-0.25, -0.2) is 4.98 Å². The number of carbonyl (C=O) groups is 5. The Morgan fingerprint density at radius 1 is 0.677 bits per heavy atom. The lowest BCUT2D eigenvalue weighted by Crippen LogP contribution is -2.50. The third-order valence-corrected chi connectivity index (χ3v) is 13.8. The summed E-state index contributed by atoms with van der Waals surface area (Å²) in [5.41, 5.74) is 2.57. The standard InChI is InChI=1S/C53H68N6O6/c1-3-5-7-9-10-11-18-24-48(60)56-47(52(64)54-27-19-8-6-4-2)33-59-34-55-44-26-25-37(28-43(44)53(59)65)49(61)38-29-41(50(62)57-45-31-39(45)35-20-14-12-15-21-35)42(30-38)51(63)58-46-32-40(46)36-22-16-13-17-23-36/h12-17,20-23,25-26,28,34,38-42,45-47H,3-11,18-19,24,27,29-33H2,1-2H3,(H,54,64)(H,56,60)(H,57,62)(H,58,63)/t39-,40-,41-,42-,45+,46+,47?/m1/s1. The molecular weight excluding hydrogens is 817 g/mol. The summed E-state index contributed by atoms with van der Waals surface area (Å²) in [6.45, 7) is 4.65. The molecule has 0 saturated heterocycles. The summed E-state index contributed by atoms with van der Waals surface area (Å²) in [7, 11) is 0. The first-order valence-electron chi connectivity index (χ1n) is 24.5. The molecule has 3 saturated carbocycles. The zero-order chi connectivity index (χ0) is 45.7. The molecule has 346 valence electrons. The highest BCUT2D eigenvalue weighted by Crippen LogP contribution is 2.45. The van der Waals surface area contributed by atoms with Gasteiger partial charge in [0.15, 0.2) is 5.78 Å². The smallest absolute Gasteiger partial charge is 0.261 e. The van der Waals surface area contributed by atoms with Crippen LogP contribution in [0, 0.1) is 17.8 Å². The molecule has 0 bridgehead atoms. The molecular formula is C53H68N6O6. The number of ketones is 1. The molecule has 1 unspecified atom stereocenters. The maximum Gasteiger partial charge on any atom is 0.261 e. The zero-order valence-corrected chi connectivity index (χ0v) is 38.3. The molecule has 1 aromatic heterocycles. The molecule has 3 aliphatic rings. The number of nitrogens with one attached hydrogen (secondary N) is 4. The van der Waals surface area contributed by atoms with Crippen LogP contribution in [0.3, 0.4) is 0 Å². The van der Waals surface area contributed by atoms with Gasteiger partial charge < -0.3 is 21.3 Å². The second kappa shape index (κ2) is 23.0. The van der Waals surface area contributed by atoms with Gasteiger partial charge in [-0.3, -0.25) is 33.3 Å². The van der Waals surface area contributed by atoms with E-state index in [0.717, 1.165) is 75.3 Å². The Bertz CT molecular complexity index is 2240. The molecule has 4 N–H and O–H groups in total. The van der Waals surface area contributed by atoms with Crippen molar-refractivity contribution in [2.45, 2.75) is 153 Å². The van der Waals surface area contributed by atoms with Crippen LogP contribution in [0.15, 0.2) is 90.0 Å². The van der Waals surface area contributed by atoms with Gasteiger partial charge in [-0.15, -0.1) is 0 Å². The fourth-order valence-electron chi connectivity index (χ4n) is 9.72. The van der Waals surface area contributed by atoms with Crippen molar-refractivity contribution in [3.05, 3.63) is 112 Å². The fraction of sp³-hybridized carbons (Fsp3) is 0.528. The minimum atomic E-state index is -0.998. The summed E-state index contributed by atoms with van der Waals surface area (Å²) in [6.07, 6.45) is 15.1. The summed E-state index contributed by atoms with van der Waals surface area (Å²) in [5, 5.41) is 12.5. The third-order valence-electron chi connectivity index (χ3n) is 13.8. The highest BCUT2D eigenvalue weighted by molar-refractivity contribution is 6.02. The van der Waals surface area contributed by atoms with Gasteiger partial charge in [-0.1, -0.05) is 132 Å². The molecule has 12 heteroatoms. The number of benzene rings is 3.